The van der Waals surface area contributed by atoms with Gasteiger partial charge in [0.05, 0.1) is 0 Å². The third kappa shape index (κ3) is 4.97. The van der Waals surface area contributed by atoms with E-state index < -0.39 is 12.1 Å². The minimum atomic E-state index is -4.72. The van der Waals surface area contributed by atoms with Crippen molar-refractivity contribution in [1.29, 1.82) is 0 Å². The number of carbonyl (C=O) groups is 1. The van der Waals surface area contributed by atoms with E-state index in [2.05, 4.69) is 25.0 Å². The number of amides is 1. The van der Waals surface area contributed by atoms with Crippen molar-refractivity contribution in [2.24, 2.45) is 0 Å². The molecule has 0 radical (unpaired) electrons. The van der Waals surface area contributed by atoms with Crippen LogP contribution in [0.1, 0.15) is 21.1 Å². The summed E-state index contributed by atoms with van der Waals surface area (Å²) in [5, 5.41) is 7.05. The second-order valence-electron chi connectivity index (χ2n) is 6.51. The minimum Gasteiger partial charge on any atom is -0.352 e. The monoisotopic (exact) mass is 444 g/mol. The summed E-state index contributed by atoms with van der Waals surface area (Å²) in [7, 11) is 0. The molecule has 1 amide bonds. The molecule has 0 spiro atoms. The van der Waals surface area contributed by atoms with Gasteiger partial charge in [-0.15, -0.1) is 11.3 Å². The van der Waals surface area contributed by atoms with E-state index in [0.717, 1.165) is 15.4 Å². The van der Waals surface area contributed by atoms with Crippen LogP contribution < -0.4 is 5.32 Å². The lowest BCUT2D eigenvalue weighted by molar-refractivity contribution is -0.159. The van der Waals surface area contributed by atoms with Crippen LogP contribution in [0.25, 0.3) is 22.0 Å². The number of carbonyl (C=O) groups excluding carboxylic acids is 1. The highest BCUT2D eigenvalue weighted by atomic mass is 32.1. The van der Waals surface area contributed by atoms with Crippen molar-refractivity contribution >= 4 is 17.2 Å². The van der Waals surface area contributed by atoms with Crippen LogP contribution in [0.4, 0.5) is 13.2 Å². The maximum absolute atomic E-state index is 12.6. The Morgan fingerprint density at radius 3 is 2.58 bits per heavy atom. The minimum absolute atomic E-state index is 0.236. The average molecular weight is 444 g/mol. The Morgan fingerprint density at radius 2 is 1.84 bits per heavy atom. The van der Waals surface area contributed by atoms with E-state index >= 15 is 0 Å². The molecule has 0 aliphatic heterocycles. The Bertz CT molecular complexity index is 1190. The Hall–Kier alpha value is -3.53. The van der Waals surface area contributed by atoms with Crippen LogP contribution in [0.15, 0.2) is 65.3 Å². The molecule has 0 atom stereocenters. The molecule has 10 heteroatoms. The Kier molecular flexibility index (Phi) is 5.81. The largest absolute Gasteiger partial charge is 0.471 e. The van der Waals surface area contributed by atoms with E-state index in [4.69, 9.17) is 0 Å². The fourth-order valence-electron chi connectivity index (χ4n) is 2.79. The highest BCUT2D eigenvalue weighted by molar-refractivity contribution is 7.15. The molecule has 0 unspecified atom stereocenters. The predicted molar refractivity (Wildman–Crippen MR) is 108 cm³/mol. The lowest BCUT2D eigenvalue weighted by atomic mass is 10.1. The number of hydrogen-bond donors (Lipinski definition) is 1. The number of benzene rings is 2. The van der Waals surface area contributed by atoms with Gasteiger partial charge in [0.2, 0.25) is 5.82 Å². The van der Waals surface area contributed by atoms with Gasteiger partial charge in [-0.2, -0.15) is 18.2 Å². The van der Waals surface area contributed by atoms with Crippen LogP contribution in [-0.2, 0) is 12.6 Å². The zero-order valence-electron chi connectivity index (χ0n) is 15.9. The normalized spacial score (nSPS) is 11.5. The quantitative estimate of drug-likeness (QED) is 0.460. The van der Waals surface area contributed by atoms with Gasteiger partial charge in [-0.1, -0.05) is 47.6 Å². The van der Waals surface area contributed by atoms with Gasteiger partial charge in [0.15, 0.2) is 0 Å². The predicted octanol–water partition coefficient (Wildman–Crippen LogP) is 4.85. The summed E-state index contributed by atoms with van der Waals surface area (Å²) in [6.07, 6.45) is -2.33. The highest BCUT2D eigenvalue weighted by Gasteiger charge is 2.38. The van der Waals surface area contributed by atoms with Crippen LogP contribution in [0.5, 0.6) is 0 Å². The van der Waals surface area contributed by atoms with Gasteiger partial charge in [-0.05, 0) is 12.1 Å². The first-order valence-corrected chi connectivity index (χ1v) is 10.0. The van der Waals surface area contributed by atoms with E-state index in [-0.39, 0.29) is 22.9 Å². The van der Waals surface area contributed by atoms with Crippen molar-refractivity contribution in [2.75, 3.05) is 6.54 Å². The van der Waals surface area contributed by atoms with E-state index in [1.165, 1.54) is 12.1 Å². The molecule has 2 heterocycles. The van der Waals surface area contributed by atoms with Crippen LogP contribution in [0.3, 0.4) is 0 Å². The number of hydrogen-bond acceptors (Lipinski definition) is 6. The molecule has 31 heavy (non-hydrogen) atoms. The van der Waals surface area contributed by atoms with Gasteiger partial charge in [-0.3, -0.25) is 4.79 Å². The average Bonchev–Trinajstić information content (AvgIpc) is 3.44. The second kappa shape index (κ2) is 8.68. The maximum Gasteiger partial charge on any atom is 0.471 e. The zero-order valence-corrected chi connectivity index (χ0v) is 16.7. The number of aromatic nitrogens is 3. The molecule has 0 bridgehead atoms. The van der Waals surface area contributed by atoms with Crippen molar-refractivity contribution in [3.63, 3.8) is 0 Å². The molecular weight excluding hydrogens is 429 g/mol. The van der Waals surface area contributed by atoms with Gasteiger partial charge < -0.3 is 9.84 Å². The van der Waals surface area contributed by atoms with E-state index in [0.29, 0.717) is 13.0 Å². The van der Waals surface area contributed by atoms with Gasteiger partial charge in [-0.25, -0.2) is 4.98 Å². The van der Waals surface area contributed by atoms with Crippen molar-refractivity contribution in [3.8, 4) is 22.0 Å². The summed E-state index contributed by atoms with van der Waals surface area (Å²) < 4.78 is 42.2. The van der Waals surface area contributed by atoms with Gasteiger partial charge in [0, 0.05) is 40.7 Å². The van der Waals surface area contributed by atoms with Crippen molar-refractivity contribution in [2.45, 2.75) is 12.6 Å². The van der Waals surface area contributed by atoms with Crippen LogP contribution >= 0.6 is 11.3 Å². The maximum atomic E-state index is 12.6. The molecule has 0 saturated heterocycles. The lowest BCUT2D eigenvalue weighted by Crippen LogP contribution is -2.25. The number of nitrogens with zero attached hydrogens (tertiary/aromatic N) is 3. The van der Waals surface area contributed by atoms with Crippen LogP contribution in [0.2, 0.25) is 0 Å². The van der Waals surface area contributed by atoms with Crippen LogP contribution in [-0.4, -0.2) is 27.6 Å². The molecule has 0 aliphatic rings. The molecule has 4 aromatic rings. The first kappa shape index (κ1) is 20.7. The van der Waals surface area contributed by atoms with Gasteiger partial charge >= 0.3 is 12.1 Å². The van der Waals surface area contributed by atoms with Crippen molar-refractivity contribution < 1.29 is 22.5 Å². The summed E-state index contributed by atoms with van der Waals surface area (Å²) >= 11 is 1.56. The van der Waals surface area contributed by atoms with E-state index in [1.807, 2.05) is 30.3 Å². The van der Waals surface area contributed by atoms with Gasteiger partial charge in [0.25, 0.3) is 5.91 Å². The first-order chi connectivity index (χ1) is 14.9. The number of rotatable bonds is 6. The number of alkyl halides is 3. The van der Waals surface area contributed by atoms with Crippen LogP contribution in [0, 0.1) is 0 Å². The number of halogens is 3. The molecule has 1 N–H and O–H groups in total. The van der Waals surface area contributed by atoms with Crippen molar-refractivity contribution in [1.82, 2.24) is 20.4 Å². The molecular formula is C21H15F3N4O2S. The summed E-state index contributed by atoms with van der Waals surface area (Å²) in [4.78, 5) is 21.2. The lowest BCUT2D eigenvalue weighted by Gasteiger charge is -2.05. The molecule has 0 saturated carbocycles. The fraction of sp³-hybridized carbons (Fsp3) is 0.143. The fourth-order valence-corrected chi connectivity index (χ4v) is 3.71. The van der Waals surface area contributed by atoms with Crippen molar-refractivity contribution in [3.05, 3.63) is 77.1 Å². The standard InChI is InChI=1S/C21H15F3N4O2S/c22-21(23,24)20-27-17(28-30-20)14-7-4-8-15(11-14)18(29)25-10-9-16-12-26-19(31-16)13-5-2-1-3-6-13/h1-8,11-12H,9-10H2,(H,25,29). The summed E-state index contributed by atoms with van der Waals surface area (Å²) in [6, 6.07) is 15.8. The molecule has 6 nitrogen and oxygen atoms in total. The Morgan fingerprint density at radius 1 is 1.06 bits per heavy atom. The molecule has 0 aliphatic carbocycles. The topological polar surface area (TPSA) is 80.9 Å². The third-order valence-corrected chi connectivity index (χ3v) is 5.39. The second-order valence-corrected chi connectivity index (χ2v) is 7.62. The van der Waals surface area contributed by atoms with E-state index in [1.54, 1.807) is 29.7 Å². The molecule has 4 rings (SSSR count). The SMILES string of the molecule is O=C(NCCc1cnc(-c2ccccc2)s1)c1cccc(-c2noc(C(F)(F)F)n2)c1. The zero-order chi connectivity index (χ0) is 21.8. The Balaban J connectivity index is 1.37. The number of thiazole rings is 1. The molecule has 0 fully saturated rings. The van der Waals surface area contributed by atoms with E-state index in [9.17, 15) is 18.0 Å². The van der Waals surface area contributed by atoms with Gasteiger partial charge in [0.1, 0.15) is 5.01 Å². The molecule has 158 valence electrons. The highest BCUT2D eigenvalue weighted by Crippen LogP contribution is 2.29. The molecule has 2 aromatic carbocycles. The summed E-state index contributed by atoms with van der Waals surface area (Å²) in [5.74, 6) is -2.02. The summed E-state index contributed by atoms with van der Waals surface area (Å²) in [5.41, 5.74) is 1.57. The first-order valence-electron chi connectivity index (χ1n) is 9.20. The number of nitrogens with one attached hydrogen (secondary N) is 1. The third-order valence-electron chi connectivity index (χ3n) is 4.28. The summed E-state index contributed by atoms with van der Waals surface area (Å²) in [6.45, 7) is 0.389. The molecule has 2 aromatic heterocycles. The Labute approximate surface area is 178 Å². The smallest absolute Gasteiger partial charge is 0.352 e.